The second kappa shape index (κ2) is 7.20. The van der Waals surface area contributed by atoms with E-state index >= 15 is 0 Å². The fourth-order valence-corrected chi connectivity index (χ4v) is 2.42. The van der Waals surface area contributed by atoms with Crippen LogP contribution in [0.1, 0.15) is 37.9 Å². The van der Waals surface area contributed by atoms with Crippen LogP contribution in [0.4, 0.5) is 0 Å². The predicted octanol–water partition coefficient (Wildman–Crippen LogP) is 3.40. The summed E-state index contributed by atoms with van der Waals surface area (Å²) in [6.07, 6.45) is 2.33. The number of benzene rings is 1. The van der Waals surface area contributed by atoms with Gasteiger partial charge in [-0.2, -0.15) is 15.4 Å². The van der Waals surface area contributed by atoms with E-state index in [1.165, 1.54) is 5.56 Å². The lowest BCUT2D eigenvalue weighted by molar-refractivity contribution is 0.263. The van der Waals surface area contributed by atoms with Crippen molar-refractivity contribution in [1.82, 2.24) is 20.3 Å². The number of nitrogens with zero attached hydrogens (tertiary/aromatic N) is 3. The first-order valence-corrected chi connectivity index (χ1v) is 7.43. The fraction of sp³-hybridized carbons (Fsp3) is 0.500. The van der Waals surface area contributed by atoms with E-state index in [0.29, 0.717) is 0 Å². The SMILES string of the molecule is CCCN(CCC)Cc1n[nH]nc1-c1ccc(C)cc1. The van der Waals surface area contributed by atoms with Gasteiger partial charge in [0.2, 0.25) is 0 Å². The van der Waals surface area contributed by atoms with Gasteiger partial charge in [0, 0.05) is 12.1 Å². The Bertz CT molecular complexity index is 510. The van der Waals surface area contributed by atoms with Crippen molar-refractivity contribution < 1.29 is 0 Å². The molecule has 1 N–H and O–H groups in total. The van der Waals surface area contributed by atoms with Gasteiger partial charge in [0.05, 0.1) is 0 Å². The summed E-state index contributed by atoms with van der Waals surface area (Å²) in [5.41, 5.74) is 4.41. The molecule has 4 heteroatoms. The molecule has 0 unspecified atom stereocenters. The smallest absolute Gasteiger partial charge is 0.117 e. The average molecular weight is 272 g/mol. The first-order chi connectivity index (χ1) is 9.74. The highest BCUT2D eigenvalue weighted by Gasteiger charge is 2.13. The van der Waals surface area contributed by atoms with E-state index in [0.717, 1.165) is 49.4 Å². The number of hydrogen-bond acceptors (Lipinski definition) is 3. The third-order valence-electron chi connectivity index (χ3n) is 3.40. The highest BCUT2D eigenvalue weighted by atomic mass is 15.3. The second-order valence-electron chi connectivity index (χ2n) is 5.26. The minimum Gasteiger partial charge on any atom is -0.297 e. The molecule has 0 bridgehead atoms. The van der Waals surface area contributed by atoms with Crippen LogP contribution in [0.15, 0.2) is 24.3 Å². The molecular formula is C16H24N4. The Kier molecular flexibility index (Phi) is 5.30. The Labute approximate surface area is 121 Å². The molecule has 0 spiro atoms. The van der Waals surface area contributed by atoms with Gasteiger partial charge in [-0.15, -0.1) is 0 Å². The first kappa shape index (κ1) is 14.7. The van der Waals surface area contributed by atoms with Crippen LogP contribution in [0.5, 0.6) is 0 Å². The maximum Gasteiger partial charge on any atom is 0.117 e. The largest absolute Gasteiger partial charge is 0.297 e. The number of aromatic amines is 1. The summed E-state index contributed by atoms with van der Waals surface area (Å²) >= 11 is 0. The highest BCUT2D eigenvalue weighted by molar-refractivity contribution is 5.61. The Morgan fingerprint density at radius 3 is 2.25 bits per heavy atom. The number of aryl methyl sites for hydroxylation is 1. The summed E-state index contributed by atoms with van der Waals surface area (Å²) in [6.45, 7) is 9.60. The lowest BCUT2D eigenvalue weighted by Crippen LogP contribution is -2.25. The van der Waals surface area contributed by atoms with Crippen molar-refractivity contribution in [3.63, 3.8) is 0 Å². The van der Waals surface area contributed by atoms with Crippen molar-refractivity contribution >= 4 is 0 Å². The summed E-state index contributed by atoms with van der Waals surface area (Å²) in [7, 11) is 0. The third-order valence-corrected chi connectivity index (χ3v) is 3.40. The van der Waals surface area contributed by atoms with E-state index < -0.39 is 0 Å². The molecule has 1 aromatic carbocycles. The van der Waals surface area contributed by atoms with Gasteiger partial charge in [-0.1, -0.05) is 43.7 Å². The van der Waals surface area contributed by atoms with E-state index in [4.69, 9.17) is 0 Å². The molecule has 108 valence electrons. The van der Waals surface area contributed by atoms with Crippen LogP contribution in [0.2, 0.25) is 0 Å². The molecule has 0 saturated carbocycles. The van der Waals surface area contributed by atoms with Crippen molar-refractivity contribution in [3.05, 3.63) is 35.5 Å². The van der Waals surface area contributed by atoms with Gasteiger partial charge < -0.3 is 0 Å². The lowest BCUT2D eigenvalue weighted by Gasteiger charge is -2.19. The molecule has 0 aliphatic heterocycles. The van der Waals surface area contributed by atoms with Crippen LogP contribution in [0.3, 0.4) is 0 Å². The van der Waals surface area contributed by atoms with Crippen molar-refractivity contribution in [3.8, 4) is 11.3 Å². The Balaban J connectivity index is 2.17. The minimum absolute atomic E-state index is 0.862. The Morgan fingerprint density at radius 2 is 1.65 bits per heavy atom. The standard InChI is InChI=1S/C16H24N4/c1-4-10-20(11-5-2)12-15-16(18-19-17-15)14-8-6-13(3)7-9-14/h6-9H,4-5,10-12H2,1-3H3,(H,17,18,19). The van der Waals surface area contributed by atoms with Crippen LogP contribution >= 0.6 is 0 Å². The van der Waals surface area contributed by atoms with Crippen molar-refractivity contribution in [2.24, 2.45) is 0 Å². The van der Waals surface area contributed by atoms with Crippen molar-refractivity contribution in [1.29, 1.82) is 0 Å². The lowest BCUT2D eigenvalue weighted by atomic mass is 10.1. The number of rotatable bonds is 7. The van der Waals surface area contributed by atoms with Gasteiger partial charge >= 0.3 is 0 Å². The summed E-state index contributed by atoms with van der Waals surface area (Å²) in [6, 6.07) is 8.45. The molecule has 0 fully saturated rings. The molecule has 2 aromatic rings. The quantitative estimate of drug-likeness (QED) is 0.840. The molecule has 1 heterocycles. The first-order valence-electron chi connectivity index (χ1n) is 7.43. The molecule has 0 radical (unpaired) electrons. The Hall–Kier alpha value is -1.68. The fourth-order valence-electron chi connectivity index (χ4n) is 2.42. The number of nitrogens with one attached hydrogen (secondary N) is 1. The molecule has 0 atom stereocenters. The summed E-state index contributed by atoms with van der Waals surface area (Å²) < 4.78 is 0. The van der Waals surface area contributed by atoms with E-state index in [-0.39, 0.29) is 0 Å². The summed E-state index contributed by atoms with van der Waals surface area (Å²) in [5, 5.41) is 11.4. The molecule has 1 aromatic heterocycles. The van der Waals surface area contributed by atoms with Gasteiger partial charge in [0.15, 0.2) is 0 Å². The van der Waals surface area contributed by atoms with E-state index in [9.17, 15) is 0 Å². The maximum atomic E-state index is 4.34. The second-order valence-corrected chi connectivity index (χ2v) is 5.26. The zero-order valence-electron chi connectivity index (χ0n) is 12.7. The van der Waals surface area contributed by atoms with Crippen molar-refractivity contribution in [2.75, 3.05) is 13.1 Å². The normalized spacial score (nSPS) is 11.2. The highest BCUT2D eigenvalue weighted by Crippen LogP contribution is 2.21. The van der Waals surface area contributed by atoms with Crippen LogP contribution < -0.4 is 0 Å². The third kappa shape index (κ3) is 3.67. The molecule has 0 saturated heterocycles. The average Bonchev–Trinajstić information content (AvgIpc) is 2.88. The zero-order valence-corrected chi connectivity index (χ0v) is 12.7. The summed E-state index contributed by atoms with van der Waals surface area (Å²) in [4.78, 5) is 2.44. The van der Waals surface area contributed by atoms with E-state index in [1.54, 1.807) is 0 Å². The molecule has 20 heavy (non-hydrogen) atoms. The predicted molar refractivity (Wildman–Crippen MR) is 82.4 cm³/mol. The molecular weight excluding hydrogens is 248 g/mol. The molecule has 4 nitrogen and oxygen atoms in total. The van der Waals surface area contributed by atoms with Crippen LogP contribution in [0, 0.1) is 6.92 Å². The van der Waals surface area contributed by atoms with Gasteiger partial charge in [-0.05, 0) is 32.9 Å². The Morgan fingerprint density at radius 1 is 1.00 bits per heavy atom. The van der Waals surface area contributed by atoms with E-state index in [2.05, 4.69) is 65.3 Å². The molecule has 2 rings (SSSR count). The maximum absolute atomic E-state index is 4.34. The molecule has 0 aliphatic carbocycles. The van der Waals surface area contributed by atoms with Gasteiger partial charge in [-0.25, -0.2) is 0 Å². The van der Waals surface area contributed by atoms with Crippen LogP contribution in [-0.4, -0.2) is 33.4 Å². The van der Waals surface area contributed by atoms with Crippen LogP contribution in [0.25, 0.3) is 11.3 Å². The van der Waals surface area contributed by atoms with E-state index in [1.807, 2.05) is 0 Å². The van der Waals surface area contributed by atoms with Crippen LogP contribution in [-0.2, 0) is 6.54 Å². The van der Waals surface area contributed by atoms with Gasteiger partial charge in [0.1, 0.15) is 11.4 Å². The zero-order chi connectivity index (χ0) is 14.4. The number of hydrogen-bond donors (Lipinski definition) is 1. The van der Waals surface area contributed by atoms with Gasteiger partial charge in [-0.3, -0.25) is 4.90 Å². The summed E-state index contributed by atoms with van der Waals surface area (Å²) in [5.74, 6) is 0. The monoisotopic (exact) mass is 272 g/mol. The molecule has 0 aliphatic rings. The number of H-pyrrole nitrogens is 1. The topological polar surface area (TPSA) is 44.8 Å². The number of aromatic nitrogens is 3. The van der Waals surface area contributed by atoms with Crippen molar-refractivity contribution in [2.45, 2.75) is 40.2 Å². The van der Waals surface area contributed by atoms with Gasteiger partial charge in [0.25, 0.3) is 0 Å². The molecule has 0 amide bonds. The minimum atomic E-state index is 0.862.